The van der Waals surface area contributed by atoms with E-state index in [0.717, 1.165) is 5.56 Å². The molecule has 0 aliphatic rings. The highest BCUT2D eigenvalue weighted by atomic mass is 16.5. The smallest absolute Gasteiger partial charge is 0.340 e. The summed E-state index contributed by atoms with van der Waals surface area (Å²) in [5.74, 6) is -0.375. The topological polar surface area (TPSA) is 103 Å². The zero-order valence-corrected chi connectivity index (χ0v) is 18.7. The van der Waals surface area contributed by atoms with Crippen LogP contribution in [0.25, 0.3) is 6.08 Å². The van der Waals surface area contributed by atoms with Gasteiger partial charge in [0.25, 0.3) is 5.91 Å². The van der Waals surface area contributed by atoms with Crippen molar-refractivity contribution in [2.75, 3.05) is 31.5 Å². The van der Waals surface area contributed by atoms with Gasteiger partial charge in [-0.15, -0.1) is 0 Å². The fraction of sp³-hybridized carbons (Fsp3) is 0.115. The molecule has 8 heteroatoms. The minimum absolute atomic E-state index is 0.128. The van der Waals surface area contributed by atoms with Crippen LogP contribution in [0, 0.1) is 0 Å². The standard InChI is InChI=1S/C26H24N2O6/c1-32-20-13-10-18(11-14-20)12-15-24(29)28-23-9-4-3-8-22(23)26(31)34-17-25(30)27-19-6-5-7-21(16-19)33-2/h3-16H,17H2,1-2H3,(H,27,30)(H,28,29)/b15-12+. The number of benzene rings is 3. The summed E-state index contributed by atoms with van der Waals surface area (Å²) in [5.41, 5.74) is 1.72. The average Bonchev–Trinajstić information content (AvgIpc) is 2.86. The van der Waals surface area contributed by atoms with Crippen molar-refractivity contribution in [1.82, 2.24) is 0 Å². The van der Waals surface area contributed by atoms with Gasteiger partial charge in [-0.25, -0.2) is 4.79 Å². The van der Waals surface area contributed by atoms with Crippen LogP contribution >= 0.6 is 0 Å². The Morgan fingerprint density at radius 2 is 1.56 bits per heavy atom. The summed E-state index contributed by atoms with van der Waals surface area (Å²) in [6.07, 6.45) is 2.99. The first kappa shape index (κ1) is 24.1. The summed E-state index contributed by atoms with van der Waals surface area (Å²) in [7, 11) is 3.10. The molecule has 0 saturated heterocycles. The second-order valence-electron chi connectivity index (χ2n) is 7.00. The van der Waals surface area contributed by atoms with Gasteiger partial charge in [-0.3, -0.25) is 9.59 Å². The molecule has 0 atom stereocenters. The van der Waals surface area contributed by atoms with E-state index in [1.807, 2.05) is 12.1 Å². The van der Waals surface area contributed by atoms with Crippen molar-refractivity contribution in [3.05, 3.63) is 90.0 Å². The summed E-state index contributed by atoms with van der Waals surface area (Å²) < 4.78 is 15.3. The van der Waals surface area contributed by atoms with Gasteiger partial charge >= 0.3 is 5.97 Å². The third kappa shape index (κ3) is 6.96. The number of para-hydroxylation sites is 1. The number of hydrogen-bond acceptors (Lipinski definition) is 6. The predicted molar refractivity (Wildman–Crippen MR) is 129 cm³/mol. The predicted octanol–water partition coefficient (Wildman–Crippen LogP) is 4.15. The molecule has 0 bridgehead atoms. The van der Waals surface area contributed by atoms with Gasteiger partial charge < -0.3 is 24.8 Å². The van der Waals surface area contributed by atoms with E-state index < -0.39 is 24.4 Å². The quantitative estimate of drug-likeness (QED) is 0.367. The first-order valence-electron chi connectivity index (χ1n) is 10.3. The van der Waals surface area contributed by atoms with Crippen molar-refractivity contribution in [2.45, 2.75) is 0 Å². The second-order valence-corrected chi connectivity index (χ2v) is 7.00. The molecule has 0 radical (unpaired) electrons. The molecule has 0 unspecified atom stereocenters. The van der Waals surface area contributed by atoms with E-state index in [4.69, 9.17) is 14.2 Å². The number of nitrogens with one attached hydrogen (secondary N) is 2. The summed E-state index contributed by atoms with van der Waals surface area (Å²) in [5, 5.41) is 5.29. The lowest BCUT2D eigenvalue weighted by atomic mass is 10.1. The van der Waals surface area contributed by atoms with Gasteiger partial charge in [-0.1, -0.05) is 30.3 Å². The van der Waals surface area contributed by atoms with Gasteiger partial charge in [0.15, 0.2) is 6.61 Å². The Kier molecular flexibility index (Phi) is 8.40. The lowest BCUT2D eigenvalue weighted by molar-refractivity contribution is -0.119. The van der Waals surface area contributed by atoms with Crippen LogP contribution < -0.4 is 20.1 Å². The Balaban J connectivity index is 1.57. The van der Waals surface area contributed by atoms with E-state index in [2.05, 4.69) is 10.6 Å². The molecule has 2 N–H and O–H groups in total. The van der Waals surface area contributed by atoms with Gasteiger partial charge in [0.2, 0.25) is 5.91 Å². The normalized spacial score (nSPS) is 10.4. The molecule has 3 aromatic rings. The van der Waals surface area contributed by atoms with Gasteiger partial charge in [0.1, 0.15) is 11.5 Å². The lowest BCUT2D eigenvalue weighted by Gasteiger charge is -2.10. The molecule has 3 rings (SSSR count). The van der Waals surface area contributed by atoms with Crippen molar-refractivity contribution in [1.29, 1.82) is 0 Å². The van der Waals surface area contributed by atoms with Crippen molar-refractivity contribution in [2.24, 2.45) is 0 Å². The third-order valence-electron chi connectivity index (χ3n) is 4.64. The summed E-state index contributed by atoms with van der Waals surface area (Å²) in [6.45, 7) is -0.490. The van der Waals surface area contributed by atoms with E-state index in [1.54, 1.807) is 67.8 Å². The molecule has 0 heterocycles. The van der Waals surface area contributed by atoms with Gasteiger partial charge in [-0.2, -0.15) is 0 Å². The Labute approximate surface area is 197 Å². The van der Waals surface area contributed by atoms with Crippen LogP contribution in [0.4, 0.5) is 11.4 Å². The third-order valence-corrected chi connectivity index (χ3v) is 4.64. The number of carbonyl (C=O) groups is 3. The molecular weight excluding hydrogens is 436 g/mol. The van der Waals surface area contributed by atoms with Crippen molar-refractivity contribution >= 4 is 35.2 Å². The van der Waals surface area contributed by atoms with E-state index in [9.17, 15) is 14.4 Å². The number of methoxy groups -OCH3 is 2. The maximum atomic E-state index is 12.5. The molecule has 174 valence electrons. The lowest BCUT2D eigenvalue weighted by Crippen LogP contribution is -2.21. The largest absolute Gasteiger partial charge is 0.497 e. The zero-order valence-electron chi connectivity index (χ0n) is 18.7. The zero-order chi connectivity index (χ0) is 24.3. The van der Waals surface area contributed by atoms with Crippen LogP contribution in [-0.2, 0) is 14.3 Å². The SMILES string of the molecule is COc1ccc(/C=C/C(=O)Nc2ccccc2C(=O)OCC(=O)Nc2cccc(OC)c2)cc1. The Bertz CT molecular complexity index is 1190. The number of rotatable bonds is 9. The Morgan fingerprint density at radius 1 is 0.824 bits per heavy atom. The van der Waals surface area contributed by atoms with E-state index in [-0.39, 0.29) is 11.3 Å². The first-order valence-corrected chi connectivity index (χ1v) is 10.3. The number of anilines is 2. The minimum Gasteiger partial charge on any atom is -0.497 e. The first-order chi connectivity index (χ1) is 16.5. The van der Waals surface area contributed by atoms with Crippen LogP contribution in [0.1, 0.15) is 15.9 Å². The average molecular weight is 460 g/mol. The molecule has 0 spiro atoms. The number of carbonyl (C=O) groups excluding carboxylic acids is 3. The molecular formula is C26H24N2O6. The maximum Gasteiger partial charge on any atom is 0.340 e. The van der Waals surface area contributed by atoms with Gasteiger partial charge in [0, 0.05) is 17.8 Å². The molecule has 2 amide bonds. The fourth-order valence-electron chi connectivity index (χ4n) is 2.94. The highest BCUT2D eigenvalue weighted by Crippen LogP contribution is 2.18. The molecule has 0 saturated carbocycles. The second kappa shape index (κ2) is 11.9. The summed E-state index contributed by atoms with van der Waals surface area (Å²) in [6, 6.07) is 20.4. The molecule has 34 heavy (non-hydrogen) atoms. The maximum absolute atomic E-state index is 12.5. The van der Waals surface area contributed by atoms with Gasteiger partial charge in [-0.05, 0) is 48.0 Å². The highest BCUT2D eigenvalue weighted by Gasteiger charge is 2.15. The van der Waals surface area contributed by atoms with Gasteiger partial charge in [0.05, 0.1) is 25.5 Å². The van der Waals surface area contributed by atoms with E-state index >= 15 is 0 Å². The number of amides is 2. The van der Waals surface area contributed by atoms with Crippen LogP contribution in [0.15, 0.2) is 78.9 Å². The summed E-state index contributed by atoms with van der Waals surface area (Å²) in [4.78, 5) is 37.1. The molecule has 0 fully saturated rings. The molecule has 3 aromatic carbocycles. The van der Waals surface area contributed by atoms with Crippen LogP contribution in [0.2, 0.25) is 0 Å². The summed E-state index contributed by atoms with van der Waals surface area (Å²) >= 11 is 0. The fourth-order valence-corrected chi connectivity index (χ4v) is 2.94. The van der Waals surface area contributed by atoms with Crippen molar-refractivity contribution < 1.29 is 28.6 Å². The molecule has 0 aromatic heterocycles. The van der Waals surface area contributed by atoms with Crippen LogP contribution in [0.3, 0.4) is 0 Å². The molecule has 0 aliphatic heterocycles. The van der Waals surface area contributed by atoms with Crippen molar-refractivity contribution in [3.8, 4) is 11.5 Å². The monoisotopic (exact) mass is 460 g/mol. The van der Waals surface area contributed by atoms with E-state index in [1.165, 1.54) is 19.3 Å². The number of ether oxygens (including phenoxy) is 3. The molecule has 8 nitrogen and oxygen atoms in total. The highest BCUT2D eigenvalue weighted by molar-refractivity contribution is 6.06. The molecule has 0 aliphatic carbocycles. The number of esters is 1. The van der Waals surface area contributed by atoms with E-state index in [0.29, 0.717) is 17.2 Å². The van der Waals surface area contributed by atoms with Crippen LogP contribution in [0.5, 0.6) is 11.5 Å². The van der Waals surface area contributed by atoms with Crippen molar-refractivity contribution in [3.63, 3.8) is 0 Å². The number of hydrogen-bond donors (Lipinski definition) is 2. The van der Waals surface area contributed by atoms with Crippen LogP contribution in [-0.4, -0.2) is 38.6 Å². The Morgan fingerprint density at radius 3 is 2.29 bits per heavy atom. The Hall–Kier alpha value is -4.59. The minimum atomic E-state index is -0.740.